The first kappa shape index (κ1) is 22.0. The van der Waals surface area contributed by atoms with Gasteiger partial charge in [0.05, 0.1) is 6.10 Å². The zero-order valence-corrected chi connectivity index (χ0v) is 18.0. The van der Waals surface area contributed by atoms with E-state index in [1.807, 2.05) is 0 Å². The molecule has 0 heterocycles. The van der Waals surface area contributed by atoms with Crippen molar-refractivity contribution >= 4 is 6.08 Å². The van der Waals surface area contributed by atoms with Gasteiger partial charge in [-0.2, -0.15) is 0 Å². The average molecular weight is 345 g/mol. The van der Waals surface area contributed by atoms with E-state index in [1.165, 1.54) is 29.5 Å². The summed E-state index contributed by atoms with van der Waals surface area (Å²) in [5, 5.41) is 10.9. The maximum atomic E-state index is 10.9. The zero-order valence-electron chi connectivity index (χ0n) is 18.0. The van der Waals surface area contributed by atoms with Gasteiger partial charge in [-0.25, -0.2) is 0 Å². The fraction of sp³-hybridized carbons (Fsp3) is 0.667. The number of rotatable bonds is 7. The van der Waals surface area contributed by atoms with E-state index < -0.39 is 0 Å². The minimum absolute atomic E-state index is 0.0942. The molecule has 0 aromatic heterocycles. The van der Waals surface area contributed by atoms with Crippen molar-refractivity contribution in [3.05, 3.63) is 40.5 Å². The molecule has 0 fully saturated rings. The van der Waals surface area contributed by atoms with Gasteiger partial charge in [-0.05, 0) is 59.3 Å². The summed E-state index contributed by atoms with van der Waals surface area (Å²) >= 11 is 0. The molecule has 1 heteroatoms. The molecule has 0 amide bonds. The van der Waals surface area contributed by atoms with Crippen molar-refractivity contribution in [2.45, 2.75) is 86.7 Å². The van der Waals surface area contributed by atoms with Crippen molar-refractivity contribution in [1.82, 2.24) is 0 Å². The van der Waals surface area contributed by atoms with Gasteiger partial charge < -0.3 is 5.11 Å². The highest BCUT2D eigenvalue weighted by atomic mass is 16.3. The van der Waals surface area contributed by atoms with E-state index in [4.69, 9.17) is 0 Å². The molecule has 0 aliphatic rings. The fourth-order valence-corrected chi connectivity index (χ4v) is 4.10. The first-order valence-electron chi connectivity index (χ1n) is 9.97. The van der Waals surface area contributed by atoms with Crippen LogP contribution in [0.15, 0.2) is 23.8 Å². The minimum atomic E-state index is -0.386. The highest BCUT2D eigenvalue weighted by molar-refractivity contribution is 5.60. The van der Waals surface area contributed by atoms with E-state index in [0.717, 1.165) is 5.57 Å². The number of hydrogen-bond donors (Lipinski definition) is 1. The van der Waals surface area contributed by atoms with Crippen LogP contribution in [0.5, 0.6) is 0 Å². The molecule has 1 N–H and O–H groups in total. The standard InChI is InChI=1S/C24H40O/c1-10-12-16(2)19(5)20(6)23(25)18(4)15-21-14-11-13-17(3)22(21)24(7,8)9/h11,13-16,19-20,23,25H,10,12H2,1-9H3/b18-15+/t16?,19?,20-,23+/m0/s1. The monoisotopic (exact) mass is 344 g/mol. The molecule has 1 aromatic carbocycles. The number of hydrogen-bond acceptors (Lipinski definition) is 1. The highest BCUT2D eigenvalue weighted by Gasteiger charge is 2.26. The molecular formula is C24H40O. The van der Waals surface area contributed by atoms with Crippen LogP contribution in [-0.4, -0.2) is 11.2 Å². The maximum absolute atomic E-state index is 10.9. The lowest BCUT2D eigenvalue weighted by molar-refractivity contribution is 0.0964. The van der Waals surface area contributed by atoms with Crippen LogP contribution in [0, 0.1) is 24.7 Å². The topological polar surface area (TPSA) is 20.2 Å². The third-order valence-electron chi connectivity index (χ3n) is 5.87. The molecular weight excluding hydrogens is 304 g/mol. The highest BCUT2D eigenvalue weighted by Crippen LogP contribution is 2.33. The first-order chi connectivity index (χ1) is 11.5. The lowest BCUT2D eigenvalue weighted by Crippen LogP contribution is -2.28. The number of benzene rings is 1. The quantitative estimate of drug-likeness (QED) is 0.579. The normalized spacial score (nSPS) is 17.9. The molecule has 0 saturated heterocycles. The largest absolute Gasteiger partial charge is 0.388 e. The van der Waals surface area contributed by atoms with Gasteiger partial charge in [0.2, 0.25) is 0 Å². The van der Waals surface area contributed by atoms with Crippen molar-refractivity contribution < 1.29 is 5.11 Å². The summed E-state index contributed by atoms with van der Waals surface area (Å²) in [6.45, 7) is 20.1. The van der Waals surface area contributed by atoms with Gasteiger partial charge in [0.1, 0.15) is 0 Å². The van der Waals surface area contributed by atoms with Crippen LogP contribution in [0.2, 0.25) is 0 Å². The van der Waals surface area contributed by atoms with Crippen LogP contribution in [-0.2, 0) is 5.41 Å². The minimum Gasteiger partial charge on any atom is -0.388 e. The molecule has 0 radical (unpaired) electrons. The molecule has 4 atom stereocenters. The maximum Gasteiger partial charge on any atom is 0.0778 e. The van der Waals surface area contributed by atoms with Crippen LogP contribution in [0.25, 0.3) is 6.08 Å². The van der Waals surface area contributed by atoms with Crippen molar-refractivity contribution in [2.24, 2.45) is 17.8 Å². The lowest BCUT2D eigenvalue weighted by atomic mass is 9.77. The van der Waals surface area contributed by atoms with Gasteiger partial charge in [0.25, 0.3) is 0 Å². The summed E-state index contributed by atoms with van der Waals surface area (Å²) in [5.74, 6) is 1.42. The zero-order chi connectivity index (χ0) is 19.4. The smallest absolute Gasteiger partial charge is 0.0778 e. The van der Waals surface area contributed by atoms with Crippen LogP contribution in [0.3, 0.4) is 0 Å². The Morgan fingerprint density at radius 1 is 1.12 bits per heavy atom. The molecule has 0 bridgehead atoms. The van der Waals surface area contributed by atoms with E-state index >= 15 is 0 Å². The second kappa shape index (κ2) is 9.03. The Morgan fingerprint density at radius 2 is 1.72 bits per heavy atom. The fourth-order valence-electron chi connectivity index (χ4n) is 4.10. The number of aliphatic hydroxyl groups is 1. The SMILES string of the molecule is CCCC(C)C(C)[C@H](C)[C@H](O)/C(C)=C/c1cccc(C)c1C(C)(C)C. The van der Waals surface area contributed by atoms with Gasteiger partial charge >= 0.3 is 0 Å². The van der Waals surface area contributed by atoms with Crippen molar-refractivity contribution in [2.75, 3.05) is 0 Å². The van der Waals surface area contributed by atoms with Crippen molar-refractivity contribution in [3.63, 3.8) is 0 Å². The van der Waals surface area contributed by atoms with Gasteiger partial charge in [-0.3, -0.25) is 0 Å². The van der Waals surface area contributed by atoms with Gasteiger partial charge in [-0.15, -0.1) is 0 Å². The lowest BCUT2D eigenvalue weighted by Gasteiger charge is -2.30. The second-order valence-electron chi connectivity index (χ2n) is 9.11. The van der Waals surface area contributed by atoms with Crippen LogP contribution in [0.4, 0.5) is 0 Å². The second-order valence-corrected chi connectivity index (χ2v) is 9.11. The molecule has 1 aromatic rings. The molecule has 142 valence electrons. The first-order valence-corrected chi connectivity index (χ1v) is 9.97. The Labute approximate surface area is 156 Å². The van der Waals surface area contributed by atoms with E-state index in [2.05, 4.69) is 86.6 Å². The molecule has 0 spiro atoms. The Balaban J connectivity index is 3.11. The Kier molecular flexibility index (Phi) is 7.93. The van der Waals surface area contributed by atoms with E-state index in [1.54, 1.807) is 0 Å². The summed E-state index contributed by atoms with van der Waals surface area (Å²) in [4.78, 5) is 0. The molecule has 0 saturated carbocycles. The van der Waals surface area contributed by atoms with Crippen molar-refractivity contribution in [3.8, 4) is 0 Å². The summed E-state index contributed by atoms with van der Waals surface area (Å²) in [7, 11) is 0. The predicted octanol–water partition coefficient (Wildman–Crippen LogP) is 6.77. The molecule has 2 unspecified atom stereocenters. The summed E-state index contributed by atoms with van der Waals surface area (Å²) in [6.07, 6.45) is 4.25. The number of aliphatic hydroxyl groups excluding tert-OH is 1. The van der Waals surface area contributed by atoms with E-state index in [9.17, 15) is 5.11 Å². The summed E-state index contributed by atoms with van der Waals surface area (Å²) < 4.78 is 0. The van der Waals surface area contributed by atoms with Gasteiger partial charge in [0.15, 0.2) is 0 Å². The summed E-state index contributed by atoms with van der Waals surface area (Å²) in [5.41, 5.74) is 5.10. The Morgan fingerprint density at radius 3 is 2.24 bits per heavy atom. The average Bonchev–Trinajstić information content (AvgIpc) is 2.51. The Hall–Kier alpha value is -1.08. The van der Waals surface area contributed by atoms with Crippen molar-refractivity contribution in [1.29, 1.82) is 0 Å². The van der Waals surface area contributed by atoms with E-state index in [0.29, 0.717) is 11.8 Å². The predicted molar refractivity (Wildman–Crippen MR) is 112 cm³/mol. The molecule has 1 nitrogen and oxygen atoms in total. The van der Waals surface area contributed by atoms with Crippen LogP contribution >= 0.6 is 0 Å². The van der Waals surface area contributed by atoms with Crippen LogP contribution < -0.4 is 0 Å². The van der Waals surface area contributed by atoms with Crippen LogP contribution in [0.1, 0.15) is 84.9 Å². The molecule has 0 aliphatic carbocycles. The molecule has 1 rings (SSSR count). The van der Waals surface area contributed by atoms with Gasteiger partial charge in [-0.1, -0.05) is 85.6 Å². The third-order valence-corrected chi connectivity index (χ3v) is 5.87. The summed E-state index contributed by atoms with van der Waals surface area (Å²) in [6, 6.07) is 6.48. The third kappa shape index (κ3) is 5.71. The Bertz CT molecular complexity index is 576. The van der Waals surface area contributed by atoms with E-state index in [-0.39, 0.29) is 17.4 Å². The molecule has 25 heavy (non-hydrogen) atoms. The van der Waals surface area contributed by atoms with Gasteiger partial charge in [0, 0.05) is 0 Å². The molecule has 0 aliphatic heterocycles. The number of aryl methyl sites for hydroxylation is 1.